The minimum Gasteiger partial charge on any atom is -0.379 e. The van der Waals surface area contributed by atoms with E-state index in [0.29, 0.717) is 21.9 Å². The summed E-state index contributed by atoms with van der Waals surface area (Å²) in [5, 5.41) is 0. The van der Waals surface area contributed by atoms with Crippen LogP contribution in [0.1, 0.15) is 108 Å². The van der Waals surface area contributed by atoms with Gasteiger partial charge < -0.3 is 4.74 Å². The van der Waals surface area contributed by atoms with Gasteiger partial charge in [-0.2, -0.15) is 0 Å². The lowest BCUT2D eigenvalue weighted by Gasteiger charge is -2.60. The Bertz CT molecular complexity index is 609. The van der Waals surface area contributed by atoms with Crippen LogP contribution in [0, 0.1) is 16.2 Å². The summed E-state index contributed by atoms with van der Waals surface area (Å²) >= 11 is 0. The van der Waals surface area contributed by atoms with Crippen molar-refractivity contribution < 1.29 is 4.74 Å². The highest BCUT2D eigenvalue weighted by Crippen LogP contribution is 2.50. The molecule has 32 heavy (non-hydrogen) atoms. The van der Waals surface area contributed by atoms with E-state index in [9.17, 15) is 0 Å². The summed E-state index contributed by atoms with van der Waals surface area (Å²) in [6, 6.07) is 0. The van der Waals surface area contributed by atoms with Crippen LogP contribution in [0.4, 0.5) is 0 Å². The fourth-order valence-corrected chi connectivity index (χ4v) is 5.77. The molecule has 2 saturated heterocycles. The molecule has 1 saturated carbocycles. The SMILES string of the molecule is CC(C)(C)C1=CCCC1(C)C.CC(C)(C)N1CC2(CCC2)C1.CC(C)(C)N1CCOCC1. The van der Waals surface area contributed by atoms with Crippen LogP contribution in [0.5, 0.6) is 0 Å². The van der Waals surface area contributed by atoms with Gasteiger partial charge in [0.1, 0.15) is 0 Å². The number of hydrogen-bond donors (Lipinski definition) is 0. The highest BCUT2D eigenvalue weighted by molar-refractivity contribution is 5.23. The zero-order valence-corrected chi connectivity index (χ0v) is 23.7. The smallest absolute Gasteiger partial charge is 0.0594 e. The zero-order chi connectivity index (χ0) is 24.4. The van der Waals surface area contributed by atoms with Crippen LogP contribution in [0.3, 0.4) is 0 Å². The summed E-state index contributed by atoms with van der Waals surface area (Å²) in [6.45, 7) is 32.1. The van der Waals surface area contributed by atoms with E-state index in [1.165, 1.54) is 45.2 Å². The molecule has 1 spiro atoms. The van der Waals surface area contributed by atoms with Crippen molar-refractivity contribution in [3.63, 3.8) is 0 Å². The van der Waals surface area contributed by atoms with Crippen molar-refractivity contribution in [2.24, 2.45) is 16.2 Å². The molecule has 0 bridgehead atoms. The number of allylic oxidation sites excluding steroid dienone is 2. The molecular weight excluding hydrogens is 392 g/mol. The molecule has 3 fully saturated rings. The van der Waals surface area contributed by atoms with E-state index in [4.69, 9.17) is 4.74 Å². The Morgan fingerprint density at radius 2 is 1.25 bits per heavy atom. The number of rotatable bonds is 0. The lowest BCUT2D eigenvalue weighted by molar-refractivity contribution is -0.104. The Balaban J connectivity index is 0.000000170. The van der Waals surface area contributed by atoms with E-state index >= 15 is 0 Å². The maximum absolute atomic E-state index is 5.25. The molecule has 0 unspecified atom stereocenters. The van der Waals surface area contributed by atoms with Crippen LogP contribution in [0.2, 0.25) is 0 Å². The minimum absolute atomic E-state index is 0.323. The fourth-order valence-electron chi connectivity index (χ4n) is 5.77. The number of nitrogens with zero attached hydrogens (tertiary/aromatic N) is 2. The minimum atomic E-state index is 0.323. The van der Waals surface area contributed by atoms with E-state index in [2.05, 4.69) is 92.0 Å². The van der Waals surface area contributed by atoms with Crippen LogP contribution in [-0.2, 0) is 4.74 Å². The maximum Gasteiger partial charge on any atom is 0.0594 e. The lowest BCUT2D eigenvalue weighted by atomic mass is 9.62. The summed E-state index contributed by atoms with van der Waals surface area (Å²) in [4.78, 5) is 5.06. The molecule has 0 aromatic heterocycles. The molecule has 0 radical (unpaired) electrons. The zero-order valence-electron chi connectivity index (χ0n) is 23.7. The predicted octanol–water partition coefficient (Wildman–Crippen LogP) is 7.17. The average Bonchev–Trinajstić information content (AvgIpc) is 2.92. The first-order valence-corrected chi connectivity index (χ1v) is 13.3. The Hall–Kier alpha value is -0.380. The molecule has 0 amide bonds. The lowest BCUT2D eigenvalue weighted by Crippen LogP contribution is -2.64. The first-order chi connectivity index (χ1) is 14.5. The topological polar surface area (TPSA) is 15.7 Å². The summed E-state index contributed by atoms with van der Waals surface area (Å²) in [5.74, 6) is 0. The molecule has 0 N–H and O–H groups in total. The van der Waals surface area contributed by atoms with Gasteiger partial charge in [-0.1, -0.05) is 52.7 Å². The third-order valence-corrected chi connectivity index (χ3v) is 8.03. The third-order valence-electron chi connectivity index (χ3n) is 8.03. The van der Waals surface area contributed by atoms with Crippen molar-refractivity contribution in [2.75, 3.05) is 39.4 Å². The second-order valence-electron chi connectivity index (χ2n) is 14.4. The number of likely N-dealkylation sites (tertiary alicyclic amines) is 1. The van der Waals surface area contributed by atoms with E-state index in [1.54, 1.807) is 5.57 Å². The molecule has 0 aromatic carbocycles. The monoisotopic (exact) mass is 448 g/mol. The Morgan fingerprint density at radius 3 is 1.50 bits per heavy atom. The molecule has 188 valence electrons. The second kappa shape index (κ2) is 10.1. The van der Waals surface area contributed by atoms with E-state index in [0.717, 1.165) is 31.7 Å². The van der Waals surface area contributed by atoms with Crippen molar-refractivity contribution in [1.29, 1.82) is 0 Å². The molecule has 4 rings (SSSR count). The highest BCUT2D eigenvalue weighted by atomic mass is 16.5. The summed E-state index contributed by atoms with van der Waals surface area (Å²) in [5.41, 5.74) is 4.01. The van der Waals surface area contributed by atoms with Crippen molar-refractivity contribution in [3.8, 4) is 0 Å². The van der Waals surface area contributed by atoms with Gasteiger partial charge in [-0.3, -0.25) is 9.80 Å². The summed E-state index contributed by atoms with van der Waals surface area (Å²) < 4.78 is 5.25. The molecule has 4 aliphatic rings. The van der Waals surface area contributed by atoms with Gasteiger partial charge >= 0.3 is 0 Å². The van der Waals surface area contributed by atoms with Gasteiger partial charge in [0.05, 0.1) is 13.2 Å². The number of morpholine rings is 1. The molecule has 2 heterocycles. The quantitative estimate of drug-likeness (QED) is 0.365. The van der Waals surface area contributed by atoms with Crippen molar-refractivity contribution in [1.82, 2.24) is 9.80 Å². The highest BCUT2D eigenvalue weighted by Gasteiger charge is 2.49. The first kappa shape index (κ1) is 27.9. The maximum atomic E-state index is 5.25. The summed E-state index contributed by atoms with van der Waals surface area (Å²) in [7, 11) is 0. The van der Waals surface area contributed by atoms with Crippen LogP contribution in [-0.4, -0.2) is 60.3 Å². The molecule has 2 aliphatic carbocycles. The van der Waals surface area contributed by atoms with Gasteiger partial charge in [0, 0.05) is 37.3 Å². The third kappa shape index (κ3) is 7.57. The van der Waals surface area contributed by atoms with Gasteiger partial charge in [0.15, 0.2) is 0 Å². The molecule has 2 aliphatic heterocycles. The second-order valence-corrected chi connectivity index (χ2v) is 14.4. The number of ether oxygens (including phenoxy) is 1. The van der Waals surface area contributed by atoms with Crippen LogP contribution in [0.25, 0.3) is 0 Å². The van der Waals surface area contributed by atoms with Crippen molar-refractivity contribution in [2.45, 2.75) is 119 Å². The van der Waals surface area contributed by atoms with E-state index in [1.807, 2.05) is 0 Å². The van der Waals surface area contributed by atoms with Gasteiger partial charge in [-0.05, 0) is 83.5 Å². The van der Waals surface area contributed by atoms with Crippen LogP contribution >= 0.6 is 0 Å². The molecule has 3 nitrogen and oxygen atoms in total. The normalized spacial score (nSPS) is 25.5. The average molecular weight is 449 g/mol. The molecular formula is C29H56N2O. The number of hydrogen-bond acceptors (Lipinski definition) is 3. The Morgan fingerprint density at radius 1 is 0.750 bits per heavy atom. The standard InChI is InChI=1S/C11H20.C10H19N.C8H17NO/c1-10(2,3)9-7-6-8-11(9,4)5;1-9(2,3)11-7-10(8-11)5-4-6-10;1-8(2,3)9-4-6-10-7-5-9/h7H,6,8H2,1-5H3;4-8H2,1-3H3;4-7H2,1-3H3. The van der Waals surface area contributed by atoms with Gasteiger partial charge in [-0.15, -0.1) is 0 Å². The van der Waals surface area contributed by atoms with Gasteiger partial charge in [0.2, 0.25) is 0 Å². The van der Waals surface area contributed by atoms with Crippen LogP contribution < -0.4 is 0 Å². The summed E-state index contributed by atoms with van der Waals surface area (Å²) in [6.07, 6.45) is 9.52. The molecule has 0 atom stereocenters. The van der Waals surface area contributed by atoms with Crippen molar-refractivity contribution >= 4 is 0 Å². The van der Waals surface area contributed by atoms with E-state index in [-0.39, 0.29) is 0 Å². The van der Waals surface area contributed by atoms with E-state index < -0.39 is 0 Å². The Kier molecular flexibility index (Phi) is 8.78. The van der Waals surface area contributed by atoms with Gasteiger partial charge in [0.25, 0.3) is 0 Å². The van der Waals surface area contributed by atoms with Crippen LogP contribution in [0.15, 0.2) is 11.6 Å². The predicted molar refractivity (Wildman–Crippen MR) is 140 cm³/mol. The molecule has 3 heteroatoms. The molecule has 0 aromatic rings. The van der Waals surface area contributed by atoms with Gasteiger partial charge in [-0.25, -0.2) is 0 Å². The fraction of sp³-hybridized carbons (Fsp3) is 0.931. The largest absolute Gasteiger partial charge is 0.379 e. The Labute approximate surface area is 201 Å². The van der Waals surface area contributed by atoms with Crippen molar-refractivity contribution in [3.05, 3.63) is 11.6 Å². The first-order valence-electron chi connectivity index (χ1n) is 13.3.